The molecule has 4 N–H and O–H groups in total. The van der Waals surface area contributed by atoms with Crippen LogP contribution in [0.2, 0.25) is 0 Å². The number of amides is 2. The zero-order valence-corrected chi connectivity index (χ0v) is 17.4. The molecule has 2 rings (SSSR count). The van der Waals surface area contributed by atoms with Gasteiger partial charge in [-0.05, 0) is 37.2 Å². The minimum atomic E-state index is -0.834. The minimum absolute atomic E-state index is 0.0645. The number of aromatic nitrogens is 3. The number of carbonyl (C=O) groups excluding carboxylic acids is 2. The first kappa shape index (κ1) is 23.1. The second-order valence-corrected chi connectivity index (χ2v) is 7.77. The van der Waals surface area contributed by atoms with E-state index >= 15 is 0 Å². The Morgan fingerprint density at radius 2 is 1.77 bits per heavy atom. The molecule has 0 radical (unpaired) electrons. The van der Waals surface area contributed by atoms with Crippen LogP contribution in [0.25, 0.3) is 0 Å². The number of hydroxylamine groups is 1. The molecule has 2 amide bonds. The first-order valence-electron chi connectivity index (χ1n) is 9.91. The first-order valence-corrected chi connectivity index (χ1v) is 9.91. The summed E-state index contributed by atoms with van der Waals surface area (Å²) < 4.78 is 1.52. The smallest absolute Gasteiger partial charge is 0.289 e. The normalized spacial score (nSPS) is 13.1. The third-order valence-corrected chi connectivity index (χ3v) is 4.98. The van der Waals surface area contributed by atoms with Gasteiger partial charge in [0.15, 0.2) is 0 Å². The molecule has 10 nitrogen and oxygen atoms in total. The molecule has 30 heavy (non-hydrogen) atoms. The topological polar surface area (TPSA) is 138 Å². The summed E-state index contributed by atoms with van der Waals surface area (Å²) in [6, 6.07) is 9.73. The van der Waals surface area contributed by atoms with E-state index in [1.165, 1.54) is 7.05 Å². The van der Waals surface area contributed by atoms with Gasteiger partial charge in [0.2, 0.25) is 11.8 Å². The summed E-state index contributed by atoms with van der Waals surface area (Å²) in [4.78, 5) is 49.3. The molecule has 0 saturated heterocycles. The van der Waals surface area contributed by atoms with Crippen LogP contribution < -0.4 is 22.3 Å². The molecule has 0 aliphatic carbocycles. The van der Waals surface area contributed by atoms with E-state index in [1.807, 2.05) is 44.2 Å². The van der Waals surface area contributed by atoms with Crippen LogP contribution in [0.4, 0.5) is 0 Å². The van der Waals surface area contributed by atoms with Gasteiger partial charge in [0.05, 0.1) is 11.8 Å². The summed E-state index contributed by atoms with van der Waals surface area (Å²) in [6.07, 6.45) is 2.03. The van der Waals surface area contributed by atoms with Gasteiger partial charge in [-0.15, -0.1) is 4.68 Å². The molecule has 2 aromatic rings. The molecule has 0 bridgehead atoms. The van der Waals surface area contributed by atoms with Gasteiger partial charge in [-0.1, -0.05) is 44.2 Å². The number of aryl methyl sites for hydroxylation is 2. The fourth-order valence-electron chi connectivity index (χ4n) is 3.50. The summed E-state index contributed by atoms with van der Waals surface area (Å²) in [5.41, 5.74) is 3.55. The Kier molecular flexibility index (Phi) is 8.16. The number of H-pyrrole nitrogens is 1. The fraction of sp³-hybridized carbons (Fsp3) is 0.500. The molecular formula is C20H29N5O5. The molecule has 0 unspecified atom stereocenters. The van der Waals surface area contributed by atoms with Crippen molar-refractivity contribution < 1.29 is 14.8 Å². The minimum Gasteiger partial charge on any atom is -0.289 e. The monoisotopic (exact) mass is 419 g/mol. The number of carbonyl (C=O) groups is 2. The number of rotatable bonds is 10. The van der Waals surface area contributed by atoms with Gasteiger partial charge in [-0.2, -0.15) is 0 Å². The highest BCUT2D eigenvalue weighted by Crippen LogP contribution is 2.26. The quantitative estimate of drug-likeness (QED) is 0.333. The molecule has 0 aliphatic heterocycles. The van der Waals surface area contributed by atoms with E-state index in [2.05, 4.69) is 10.5 Å². The van der Waals surface area contributed by atoms with Crippen LogP contribution in [0.5, 0.6) is 0 Å². The maximum atomic E-state index is 13.0. The van der Waals surface area contributed by atoms with Gasteiger partial charge in [-0.3, -0.25) is 20.2 Å². The van der Waals surface area contributed by atoms with Crippen molar-refractivity contribution in [1.82, 2.24) is 19.9 Å². The third kappa shape index (κ3) is 5.93. The number of hydrogen-bond donors (Lipinski definition) is 4. The number of nitrogens with one attached hydrogen (secondary N) is 3. The lowest BCUT2D eigenvalue weighted by Crippen LogP contribution is -2.46. The Morgan fingerprint density at radius 3 is 2.30 bits per heavy atom. The highest BCUT2D eigenvalue weighted by atomic mass is 16.5. The standard InChI is InChI=1S/C20H29N5O5/c1-13(2)12-16(17(26)21-25-19(28)22-24(3)20(25)29)15(18(27)23-30)11-7-10-14-8-5-4-6-9-14/h4-6,8-9,13,15-16,30H,7,10-12H2,1-3H3,(H,21,26)(H,22,28)(H,23,27)/t15-,16+/m0/s1. The second kappa shape index (κ2) is 10.6. The van der Waals surface area contributed by atoms with E-state index in [1.54, 1.807) is 5.48 Å². The lowest BCUT2D eigenvalue weighted by atomic mass is 9.81. The largest absolute Gasteiger partial charge is 0.366 e. The molecule has 2 atom stereocenters. The molecule has 1 aromatic heterocycles. The van der Waals surface area contributed by atoms with E-state index in [0.29, 0.717) is 30.4 Å². The van der Waals surface area contributed by atoms with Crippen LogP contribution >= 0.6 is 0 Å². The molecule has 0 fully saturated rings. The van der Waals surface area contributed by atoms with Gasteiger partial charge in [0, 0.05) is 7.05 Å². The Morgan fingerprint density at radius 1 is 1.10 bits per heavy atom. The molecule has 10 heteroatoms. The molecule has 0 spiro atoms. The van der Waals surface area contributed by atoms with Crippen LogP contribution in [0.1, 0.15) is 38.7 Å². The molecular weight excluding hydrogens is 390 g/mol. The van der Waals surface area contributed by atoms with E-state index in [4.69, 9.17) is 0 Å². The summed E-state index contributed by atoms with van der Waals surface area (Å²) >= 11 is 0. The maximum absolute atomic E-state index is 13.0. The molecule has 164 valence electrons. The average molecular weight is 419 g/mol. The van der Waals surface area contributed by atoms with Crippen molar-refractivity contribution >= 4 is 11.8 Å². The Hall–Kier alpha value is -3.14. The zero-order chi connectivity index (χ0) is 22.3. The van der Waals surface area contributed by atoms with Gasteiger partial charge in [-0.25, -0.2) is 24.8 Å². The summed E-state index contributed by atoms with van der Waals surface area (Å²) in [5, 5.41) is 11.5. The van der Waals surface area contributed by atoms with Crippen molar-refractivity contribution in [3.05, 3.63) is 56.9 Å². The van der Waals surface area contributed by atoms with Gasteiger partial charge in [0.1, 0.15) is 0 Å². The van der Waals surface area contributed by atoms with Crippen molar-refractivity contribution in [2.45, 2.75) is 39.5 Å². The van der Waals surface area contributed by atoms with Gasteiger partial charge < -0.3 is 0 Å². The van der Waals surface area contributed by atoms with E-state index in [-0.39, 0.29) is 5.92 Å². The summed E-state index contributed by atoms with van der Waals surface area (Å²) in [5.74, 6) is -2.89. The van der Waals surface area contributed by atoms with Crippen LogP contribution in [-0.4, -0.2) is 31.5 Å². The van der Waals surface area contributed by atoms with Gasteiger partial charge in [0.25, 0.3) is 0 Å². The Balaban J connectivity index is 2.21. The molecule has 0 aliphatic rings. The molecule has 1 heterocycles. The highest BCUT2D eigenvalue weighted by molar-refractivity contribution is 5.91. The number of hydrogen-bond acceptors (Lipinski definition) is 5. The van der Waals surface area contributed by atoms with Crippen LogP contribution in [0.3, 0.4) is 0 Å². The SMILES string of the molecule is CC(C)C[C@@H](C(=O)Nn1c(=O)[nH]n(C)c1=O)[C@H](CCCc1ccccc1)C(=O)NO. The highest BCUT2D eigenvalue weighted by Gasteiger charge is 2.34. The lowest BCUT2D eigenvalue weighted by Gasteiger charge is -2.26. The second-order valence-electron chi connectivity index (χ2n) is 7.77. The summed E-state index contributed by atoms with van der Waals surface area (Å²) in [7, 11) is 1.35. The van der Waals surface area contributed by atoms with Crippen LogP contribution in [-0.2, 0) is 23.1 Å². The average Bonchev–Trinajstić information content (AvgIpc) is 2.95. The maximum Gasteiger partial charge on any atom is 0.366 e. The van der Waals surface area contributed by atoms with Crippen molar-refractivity contribution in [3.63, 3.8) is 0 Å². The predicted molar refractivity (Wildman–Crippen MR) is 110 cm³/mol. The van der Waals surface area contributed by atoms with Crippen LogP contribution in [0.15, 0.2) is 39.9 Å². The Labute approximate surface area is 173 Å². The molecule has 0 saturated carbocycles. The molecule has 1 aromatic carbocycles. The number of nitrogens with zero attached hydrogens (tertiary/aromatic N) is 2. The Bertz CT molecular complexity index is 960. The van der Waals surface area contributed by atoms with Crippen molar-refractivity contribution in [3.8, 4) is 0 Å². The lowest BCUT2D eigenvalue weighted by molar-refractivity contribution is -0.139. The predicted octanol–water partition coefficient (Wildman–Crippen LogP) is 0.752. The fourth-order valence-corrected chi connectivity index (χ4v) is 3.50. The number of benzene rings is 1. The van der Waals surface area contributed by atoms with Crippen molar-refractivity contribution in [2.75, 3.05) is 5.43 Å². The van der Waals surface area contributed by atoms with E-state index < -0.39 is 35.0 Å². The van der Waals surface area contributed by atoms with Crippen molar-refractivity contribution in [2.24, 2.45) is 24.8 Å². The zero-order valence-electron chi connectivity index (χ0n) is 17.4. The van der Waals surface area contributed by atoms with E-state index in [0.717, 1.165) is 10.2 Å². The number of aromatic amines is 1. The van der Waals surface area contributed by atoms with E-state index in [9.17, 15) is 24.4 Å². The van der Waals surface area contributed by atoms with Crippen LogP contribution in [0, 0.1) is 17.8 Å². The first-order chi connectivity index (χ1) is 14.2. The van der Waals surface area contributed by atoms with Crippen molar-refractivity contribution in [1.29, 1.82) is 0 Å². The summed E-state index contributed by atoms with van der Waals surface area (Å²) in [6.45, 7) is 3.80. The third-order valence-electron chi connectivity index (χ3n) is 4.98. The van der Waals surface area contributed by atoms with Gasteiger partial charge >= 0.3 is 11.4 Å².